The summed E-state index contributed by atoms with van der Waals surface area (Å²) in [6, 6.07) is 4.41. The molecule has 8 nitrogen and oxygen atoms in total. The molecule has 8 heteroatoms. The van der Waals surface area contributed by atoms with E-state index in [2.05, 4.69) is 20.5 Å². The standard InChI is InChI=1S/C17H21N7O/c1-13-2-5-23-10-14(21-16(23)8-13)9-18-17(25)22-6-3-15(4-7-22)24-11-19-20-12-24/h2,5,8,10-12,15H,3-4,6-7,9H2,1H3,(H,18,25). The largest absolute Gasteiger partial charge is 0.332 e. The van der Waals surface area contributed by atoms with Crippen LogP contribution in [0.15, 0.2) is 37.2 Å². The zero-order chi connectivity index (χ0) is 17.2. The van der Waals surface area contributed by atoms with Gasteiger partial charge in [0.25, 0.3) is 0 Å². The van der Waals surface area contributed by atoms with E-state index in [0.717, 1.165) is 37.3 Å². The van der Waals surface area contributed by atoms with Gasteiger partial charge in [0.15, 0.2) is 0 Å². The Bertz CT molecular complexity index is 862. The van der Waals surface area contributed by atoms with Crippen molar-refractivity contribution in [1.82, 2.24) is 34.4 Å². The molecule has 0 aromatic carbocycles. The number of fused-ring (bicyclic) bond motifs is 1. The number of amides is 2. The molecule has 0 radical (unpaired) electrons. The minimum atomic E-state index is -0.0320. The molecule has 25 heavy (non-hydrogen) atoms. The van der Waals surface area contributed by atoms with Crippen molar-refractivity contribution < 1.29 is 4.79 Å². The second-order valence-corrected chi connectivity index (χ2v) is 6.49. The minimum absolute atomic E-state index is 0.0320. The van der Waals surface area contributed by atoms with Crippen molar-refractivity contribution in [3.8, 4) is 0 Å². The number of aromatic nitrogens is 5. The van der Waals surface area contributed by atoms with E-state index in [0.29, 0.717) is 12.6 Å². The lowest BCUT2D eigenvalue weighted by Gasteiger charge is -2.32. The number of imidazole rings is 1. The van der Waals surface area contributed by atoms with Gasteiger partial charge in [-0.05, 0) is 37.5 Å². The van der Waals surface area contributed by atoms with Crippen molar-refractivity contribution in [3.05, 3.63) is 48.4 Å². The summed E-state index contributed by atoms with van der Waals surface area (Å²) >= 11 is 0. The molecule has 130 valence electrons. The fraction of sp³-hybridized carbons (Fsp3) is 0.412. The van der Waals surface area contributed by atoms with E-state index < -0.39 is 0 Å². The Kier molecular flexibility index (Phi) is 4.09. The number of rotatable bonds is 3. The van der Waals surface area contributed by atoms with Crippen LogP contribution >= 0.6 is 0 Å². The molecule has 0 unspecified atom stereocenters. The van der Waals surface area contributed by atoms with Gasteiger partial charge in [-0.15, -0.1) is 10.2 Å². The highest BCUT2D eigenvalue weighted by atomic mass is 16.2. The van der Waals surface area contributed by atoms with E-state index in [1.165, 1.54) is 5.56 Å². The molecule has 4 heterocycles. The van der Waals surface area contributed by atoms with E-state index in [1.807, 2.05) is 45.3 Å². The third-order valence-electron chi connectivity index (χ3n) is 4.70. The van der Waals surface area contributed by atoms with Gasteiger partial charge in [-0.1, -0.05) is 0 Å². The summed E-state index contributed by atoms with van der Waals surface area (Å²) in [6.45, 7) is 3.95. The van der Waals surface area contributed by atoms with Crippen molar-refractivity contribution in [2.24, 2.45) is 0 Å². The Morgan fingerprint density at radius 1 is 1.28 bits per heavy atom. The number of likely N-dealkylation sites (tertiary alicyclic amines) is 1. The van der Waals surface area contributed by atoms with Crippen molar-refractivity contribution in [2.75, 3.05) is 13.1 Å². The maximum absolute atomic E-state index is 12.4. The van der Waals surface area contributed by atoms with E-state index in [9.17, 15) is 4.79 Å². The van der Waals surface area contributed by atoms with Gasteiger partial charge >= 0.3 is 6.03 Å². The Morgan fingerprint density at radius 2 is 2.04 bits per heavy atom. The molecule has 1 N–H and O–H groups in total. The van der Waals surface area contributed by atoms with E-state index in [4.69, 9.17) is 0 Å². The molecule has 2 amide bonds. The van der Waals surface area contributed by atoms with Crippen LogP contribution in [0.25, 0.3) is 5.65 Å². The number of hydrogen-bond donors (Lipinski definition) is 1. The summed E-state index contributed by atoms with van der Waals surface area (Å²) in [5.41, 5.74) is 2.93. The van der Waals surface area contributed by atoms with Crippen LogP contribution in [0.5, 0.6) is 0 Å². The zero-order valence-electron chi connectivity index (χ0n) is 14.2. The van der Waals surface area contributed by atoms with Crippen LogP contribution in [-0.2, 0) is 6.54 Å². The normalized spacial score (nSPS) is 15.6. The lowest BCUT2D eigenvalue weighted by atomic mass is 10.1. The third kappa shape index (κ3) is 3.33. The number of nitrogens with zero attached hydrogens (tertiary/aromatic N) is 6. The predicted octanol–water partition coefficient (Wildman–Crippen LogP) is 1.78. The van der Waals surface area contributed by atoms with E-state index in [-0.39, 0.29) is 6.03 Å². The molecule has 1 aliphatic heterocycles. The maximum Gasteiger partial charge on any atom is 0.317 e. The van der Waals surface area contributed by atoms with Gasteiger partial charge in [0.1, 0.15) is 18.3 Å². The number of pyridine rings is 1. The van der Waals surface area contributed by atoms with Gasteiger partial charge in [0, 0.05) is 31.5 Å². The number of aryl methyl sites for hydroxylation is 1. The maximum atomic E-state index is 12.4. The first-order chi connectivity index (χ1) is 12.2. The predicted molar refractivity (Wildman–Crippen MR) is 92.0 cm³/mol. The molecule has 0 bridgehead atoms. The van der Waals surface area contributed by atoms with Crippen LogP contribution in [0.1, 0.15) is 30.1 Å². The number of piperidine rings is 1. The highest BCUT2D eigenvalue weighted by molar-refractivity contribution is 5.74. The first-order valence-electron chi connectivity index (χ1n) is 8.50. The molecule has 3 aromatic heterocycles. The minimum Gasteiger partial charge on any atom is -0.332 e. The van der Waals surface area contributed by atoms with Crippen molar-refractivity contribution >= 4 is 11.7 Å². The molecular formula is C17H21N7O. The first-order valence-corrected chi connectivity index (χ1v) is 8.50. The second-order valence-electron chi connectivity index (χ2n) is 6.49. The van der Waals surface area contributed by atoms with Crippen LogP contribution in [-0.4, -0.2) is 48.2 Å². The van der Waals surface area contributed by atoms with Gasteiger partial charge in [0.2, 0.25) is 0 Å². The molecule has 1 fully saturated rings. The zero-order valence-corrected chi connectivity index (χ0v) is 14.2. The summed E-state index contributed by atoms with van der Waals surface area (Å²) in [6.07, 6.45) is 9.25. The molecule has 0 aliphatic carbocycles. The average Bonchev–Trinajstić information content (AvgIpc) is 3.29. The Morgan fingerprint density at radius 3 is 2.80 bits per heavy atom. The number of hydrogen-bond acceptors (Lipinski definition) is 4. The fourth-order valence-electron chi connectivity index (χ4n) is 3.26. The van der Waals surface area contributed by atoms with Crippen molar-refractivity contribution in [1.29, 1.82) is 0 Å². The van der Waals surface area contributed by atoms with Crippen LogP contribution < -0.4 is 5.32 Å². The van der Waals surface area contributed by atoms with Crippen LogP contribution in [0, 0.1) is 6.92 Å². The van der Waals surface area contributed by atoms with E-state index >= 15 is 0 Å². The second kappa shape index (κ2) is 6.54. The Balaban J connectivity index is 1.31. The van der Waals surface area contributed by atoms with Gasteiger partial charge in [-0.3, -0.25) is 0 Å². The van der Waals surface area contributed by atoms with Gasteiger partial charge in [-0.2, -0.15) is 0 Å². The summed E-state index contributed by atoms with van der Waals surface area (Å²) in [7, 11) is 0. The molecule has 0 saturated carbocycles. The average molecular weight is 339 g/mol. The van der Waals surface area contributed by atoms with Gasteiger partial charge in [0.05, 0.1) is 12.2 Å². The molecule has 1 aliphatic rings. The van der Waals surface area contributed by atoms with Crippen LogP contribution in [0.3, 0.4) is 0 Å². The van der Waals surface area contributed by atoms with Crippen molar-refractivity contribution in [2.45, 2.75) is 32.4 Å². The summed E-state index contributed by atoms with van der Waals surface area (Å²) in [4.78, 5) is 18.8. The summed E-state index contributed by atoms with van der Waals surface area (Å²) < 4.78 is 3.99. The molecule has 1 saturated heterocycles. The van der Waals surface area contributed by atoms with Gasteiger partial charge < -0.3 is 19.2 Å². The smallest absolute Gasteiger partial charge is 0.317 e. The first kappa shape index (κ1) is 15.6. The molecule has 4 rings (SSSR count). The monoisotopic (exact) mass is 339 g/mol. The van der Waals surface area contributed by atoms with E-state index in [1.54, 1.807) is 12.7 Å². The lowest BCUT2D eigenvalue weighted by Crippen LogP contribution is -2.44. The van der Waals surface area contributed by atoms with Crippen LogP contribution in [0.2, 0.25) is 0 Å². The Hall–Kier alpha value is -2.90. The molecule has 0 spiro atoms. The lowest BCUT2D eigenvalue weighted by molar-refractivity contribution is 0.171. The number of carbonyl (C=O) groups excluding carboxylic acids is 1. The molecule has 0 atom stereocenters. The van der Waals surface area contributed by atoms with Crippen LogP contribution in [0.4, 0.5) is 4.79 Å². The van der Waals surface area contributed by atoms with Gasteiger partial charge in [-0.25, -0.2) is 9.78 Å². The number of nitrogens with one attached hydrogen (secondary N) is 1. The Labute approximate surface area is 145 Å². The summed E-state index contributed by atoms with van der Waals surface area (Å²) in [5.74, 6) is 0. The quantitative estimate of drug-likeness (QED) is 0.789. The molecular weight excluding hydrogens is 318 g/mol. The molecule has 3 aromatic rings. The summed E-state index contributed by atoms with van der Waals surface area (Å²) in [5, 5.41) is 10.7. The highest BCUT2D eigenvalue weighted by Gasteiger charge is 2.23. The SMILES string of the molecule is Cc1ccn2cc(CNC(=O)N3CCC(n4cnnc4)CC3)nc2c1. The third-order valence-corrected chi connectivity index (χ3v) is 4.70. The highest BCUT2D eigenvalue weighted by Crippen LogP contribution is 2.21. The van der Waals surface area contributed by atoms with Crippen molar-refractivity contribution in [3.63, 3.8) is 0 Å². The fourth-order valence-corrected chi connectivity index (χ4v) is 3.26. The number of carbonyl (C=O) groups is 1. The number of urea groups is 1. The topological polar surface area (TPSA) is 80.4 Å².